The van der Waals surface area contributed by atoms with Gasteiger partial charge in [0.15, 0.2) is 0 Å². The molecule has 10 heteroatoms. The number of amidine groups is 1. The summed E-state index contributed by atoms with van der Waals surface area (Å²) in [5, 5.41) is 3.86. The number of halogens is 2. The normalized spacial score (nSPS) is 12.3. The van der Waals surface area contributed by atoms with Crippen LogP contribution >= 0.6 is 23.2 Å². The molecular weight excluding hydrogens is 445 g/mol. The van der Waals surface area contributed by atoms with Gasteiger partial charge in [-0.25, -0.2) is 8.42 Å². The summed E-state index contributed by atoms with van der Waals surface area (Å²) in [4.78, 5) is 4.22. The van der Waals surface area contributed by atoms with Crippen molar-refractivity contribution in [3.8, 4) is 0 Å². The van der Waals surface area contributed by atoms with Crippen LogP contribution in [0.15, 0.2) is 76.9 Å². The Balaban J connectivity index is 1.98. The number of benzene rings is 2. The number of rotatable bonds is 7. The number of hydrogen-bond acceptors (Lipinski definition) is 5. The Kier molecular flexibility index (Phi) is 6.94. The molecule has 0 saturated carbocycles. The van der Waals surface area contributed by atoms with Crippen molar-refractivity contribution in [2.45, 2.75) is 18.0 Å². The Bertz CT molecular complexity index is 1150. The molecule has 0 aliphatic rings. The molecule has 0 aliphatic carbocycles. The van der Waals surface area contributed by atoms with Crippen molar-refractivity contribution in [1.29, 1.82) is 0 Å². The van der Waals surface area contributed by atoms with Gasteiger partial charge < -0.3 is 11.6 Å². The minimum Gasteiger partial charge on any atom is -0.382 e. The average molecular weight is 464 g/mol. The van der Waals surface area contributed by atoms with Crippen LogP contribution in [0, 0.1) is 0 Å². The summed E-state index contributed by atoms with van der Waals surface area (Å²) in [6, 6.07) is 16.6. The Morgan fingerprint density at radius 2 is 1.77 bits per heavy atom. The largest absolute Gasteiger partial charge is 0.382 e. The molecule has 0 radical (unpaired) electrons. The second-order valence-corrected chi connectivity index (χ2v) is 9.13. The van der Waals surface area contributed by atoms with E-state index in [4.69, 9.17) is 34.8 Å². The first kappa shape index (κ1) is 22.0. The zero-order chi connectivity index (χ0) is 21.7. The van der Waals surface area contributed by atoms with Gasteiger partial charge in [-0.3, -0.25) is 4.98 Å². The van der Waals surface area contributed by atoms with Crippen LogP contribution in [0.1, 0.15) is 16.8 Å². The molecule has 0 unspecified atom stereocenters. The molecule has 1 heterocycles. The van der Waals surface area contributed by atoms with Gasteiger partial charge in [-0.1, -0.05) is 53.5 Å². The molecule has 0 atom stereocenters. The molecule has 0 saturated heterocycles. The molecule has 7 nitrogen and oxygen atoms in total. The standard InChI is InChI=1S/C20H19Cl2N5O2S/c21-16-8-9-19(18(22)11-16)30(28,29)27(13-17-3-1-2-10-25-17)12-14-4-6-15(7-5-14)20(23)26-24/h1-11H,12-13,24H2,(H2,23,26). The fraction of sp³-hybridized carbons (Fsp3) is 0.100. The van der Waals surface area contributed by atoms with Crippen LogP contribution in [0.2, 0.25) is 10.0 Å². The summed E-state index contributed by atoms with van der Waals surface area (Å²) >= 11 is 12.1. The van der Waals surface area contributed by atoms with E-state index in [1.807, 2.05) is 0 Å². The van der Waals surface area contributed by atoms with E-state index < -0.39 is 10.0 Å². The molecule has 156 valence electrons. The summed E-state index contributed by atoms with van der Waals surface area (Å²) in [7, 11) is -3.94. The van der Waals surface area contributed by atoms with E-state index in [-0.39, 0.29) is 28.8 Å². The second-order valence-electron chi connectivity index (χ2n) is 6.38. The van der Waals surface area contributed by atoms with Crippen molar-refractivity contribution in [3.63, 3.8) is 0 Å². The van der Waals surface area contributed by atoms with Crippen LogP contribution in [0.3, 0.4) is 0 Å². The quantitative estimate of drug-likeness (QED) is 0.241. The lowest BCUT2D eigenvalue weighted by atomic mass is 10.1. The number of pyridine rings is 1. The van der Waals surface area contributed by atoms with E-state index in [1.54, 1.807) is 48.7 Å². The Morgan fingerprint density at radius 3 is 2.37 bits per heavy atom. The summed E-state index contributed by atoms with van der Waals surface area (Å²) in [6.45, 7) is 0.161. The van der Waals surface area contributed by atoms with Crippen LogP contribution in [0.5, 0.6) is 0 Å². The third kappa shape index (κ3) is 5.09. The number of sulfonamides is 1. The van der Waals surface area contributed by atoms with Gasteiger partial charge in [-0.2, -0.15) is 9.41 Å². The summed E-state index contributed by atoms with van der Waals surface area (Å²) in [5.74, 6) is 5.39. The van der Waals surface area contributed by atoms with Gasteiger partial charge in [0.05, 0.1) is 17.3 Å². The highest BCUT2D eigenvalue weighted by Gasteiger charge is 2.27. The predicted octanol–water partition coefficient (Wildman–Crippen LogP) is 3.36. The summed E-state index contributed by atoms with van der Waals surface area (Å²) < 4.78 is 28.1. The Hall–Kier alpha value is -2.65. The van der Waals surface area contributed by atoms with Gasteiger partial charge in [0.1, 0.15) is 10.7 Å². The molecule has 4 N–H and O–H groups in total. The van der Waals surface area contributed by atoms with Crippen molar-refractivity contribution < 1.29 is 8.42 Å². The van der Waals surface area contributed by atoms with Crippen LogP contribution in [-0.4, -0.2) is 23.5 Å². The van der Waals surface area contributed by atoms with Gasteiger partial charge in [-0.15, -0.1) is 0 Å². The average Bonchev–Trinajstić information content (AvgIpc) is 2.73. The lowest BCUT2D eigenvalue weighted by molar-refractivity contribution is 0.397. The molecule has 3 rings (SSSR count). The zero-order valence-electron chi connectivity index (χ0n) is 15.7. The minimum atomic E-state index is -3.94. The van der Waals surface area contributed by atoms with E-state index in [0.29, 0.717) is 16.3 Å². The van der Waals surface area contributed by atoms with Crippen molar-refractivity contribution >= 4 is 39.1 Å². The molecule has 0 amide bonds. The van der Waals surface area contributed by atoms with Gasteiger partial charge in [0.25, 0.3) is 0 Å². The monoisotopic (exact) mass is 463 g/mol. The Labute approximate surface area is 185 Å². The maximum atomic E-state index is 13.4. The molecule has 30 heavy (non-hydrogen) atoms. The maximum absolute atomic E-state index is 13.4. The molecule has 0 bridgehead atoms. The van der Waals surface area contributed by atoms with Crippen LogP contribution < -0.4 is 11.6 Å². The third-order valence-corrected chi connectivity index (χ3v) is 6.83. The number of nitrogens with two attached hydrogens (primary N) is 2. The molecule has 1 aromatic heterocycles. The van der Waals surface area contributed by atoms with E-state index >= 15 is 0 Å². The van der Waals surface area contributed by atoms with Crippen molar-refractivity contribution in [1.82, 2.24) is 9.29 Å². The number of hydrogen-bond donors (Lipinski definition) is 2. The van der Waals surface area contributed by atoms with Crippen molar-refractivity contribution in [2.75, 3.05) is 0 Å². The van der Waals surface area contributed by atoms with E-state index in [1.165, 1.54) is 22.5 Å². The zero-order valence-corrected chi connectivity index (χ0v) is 18.1. The lowest BCUT2D eigenvalue weighted by Gasteiger charge is -2.23. The van der Waals surface area contributed by atoms with Crippen LogP contribution in [0.25, 0.3) is 0 Å². The molecule has 0 fully saturated rings. The fourth-order valence-electron chi connectivity index (χ4n) is 2.78. The summed E-state index contributed by atoms with van der Waals surface area (Å²) in [5.41, 5.74) is 7.69. The van der Waals surface area contributed by atoms with E-state index in [0.717, 1.165) is 5.56 Å². The smallest absolute Gasteiger partial charge is 0.245 e. The first-order valence-electron chi connectivity index (χ1n) is 8.79. The number of hydrazone groups is 1. The maximum Gasteiger partial charge on any atom is 0.245 e. The molecule has 0 spiro atoms. The number of aromatic nitrogens is 1. The fourth-order valence-corrected chi connectivity index (χ4v) is 4.93. The van der Waals surface area contributed by atoms with Gasteiger partial charge >= 0.3 is 0 Å². The van der Waals surface area contributed by atoms with Crippen LogP contribution in [0.4, 0.5) is 0 Å². The predicted molar refractivity (Wildman–Crippen MR) is 118 cm³/mol. The van der Waals surface area contributed by atoms with Gasteiger partial charge in [0, 0.05) is 23.3 Å². The van der Waals surface area contributed by atoms with E-state index in [2.05, 4.69) is 10.1 Å². The SMILES string of the molecule is N/N=C(\N)c1ccc(CN(Cc2ccccn2)S(=O)(=O)c2ccc(Cl)cc2Cl)cc1. The minimum absolute atomic E-state index is 0.0272. The molecule has 0 aliphatic heterocycles. The number of nitrogens with zero attached hydrogens (tertiary/aromatic N) is 3. The topological polar surface area (TPSA) is 115 Å². The summed E-state index contributed by atoms with van der Waals surface area (Å²) in [6.07, 6.45) is 1.61. The molecule has 2 aromatic carbocycles. The van der Waals surface area contributed by atoms with Crippen molar-refractivity contribution in [3.05, 3.63) is 93.7 Å². The highest BCUT2D eigenvalue weighted by atomic mass is 35.5. The first-order valence-corrected chi connectivity index (χ1v) is 11.0. The van der Waals surface area contributed by atoms with E-state index in [9.17, 15) is 8.42 Å². The third-order valence-electron chi connectivity index (χ3n) is 4.32. The molecule has 3 aromatic rings. The lowest BCUT2D eigenvalue weighted by Crippen LogP contribution is -2.31. The van der Waals surface area contributed by atoms with Crippen LogP contribution in [-0.2, 0) is 23.1 Å². The Morgan fingerprint density at radius 1 is 1.03 bits per heavy atom. The highest BCUT2D eigenvalue weighted by Crippen LogP contribution is 2.29. The second kappa shape index (κ2) is 9.44. The highest BCUT2D eigenvalue weighted by molar-refractivity contribution is 7.89. The van der Waals surface area contributed by atoms with Gasteiger partial charge in [0.2, 0.25) is 10.0 Å². The van der Waals surface area contributed by atoms with Gasteiger partial charge in [-0.05, 0) is 35.9 Å². The molecular formula is C20H19Cl2N5O2S. The first-order chi connectivity index (χ1) is 14.3. The van der Waals surface area contributed by atoms with Crippen molar-refractivity contribution in [2.24, 2.45) is 16.7 Å².